The fraction of sp³-hybridized carbons (Fsp3) is 0.500. The van der Waals surface area contributed by atoms with Gasteiger partial charge in [0.05, 0.1) is 10.0 Å². The third kappa shape index (κ3) is 2.89. The van der Waals surface area contributed by atoms with Crippen molar-refractivity contribution < 1.29 is 5.11 Å². The topological polar surface area (TPSA) is 23.5 Å². The van der Waals surface area contributed by atoms with Crippen LogP contribution < -0.4 is 0 Å². The minimum Gasteiger partial charge on any atom is -0.396 e. The van der Waals surface area contributed by atoms with Gasteiger partial charge in [0.25, 0.3) is 0 Å². The number of hydrogen-bond donors (Lipinski definition) is 1. The number of rotatable bonds is 3. The molecule has 1 heterocycles. The molecule has 0 radical (unpaired) electrons. The van der Waals surface area contributed by atoms with Crippen LogP contribution in [-0.4, -0.2) is 29.7 Å². The van der Waals surface area contributed by atoms with Crippen LogP contribution in [0.2, 0.25) is 10.0 Å². The Labute approximate surface area is 106 Å². The van der Waals surface area contributed by atoms with Crippen LogP contribution in [0.3, 0.4) is 0 Å². The minimum absolute atomic E-state index is 0.290. The molecule has 2 rings (SSSR count). The van der Waals surface area contributed by atoms with Gasteiger partial charge in [0.1, 0.15) is 0 Å². The summed E-state index contributed by atoms with van der Waals surface area (Å²) >= 11 is 11.8. The van der Waals surface area contributed by atoms with Crippen molar-refractivity contribution in [2.45, 2.75) is 13.0 Å². The van der Waals surface area contributed by atoms with Gasteiger partial charge in [-0.15, -0.1) is 0 Å². The number of hydrogen-bond acceptors (Lipinski definition) is 2. The Balaban J connectivity index is 1.97. The minimum atomic E-state index is 0.290. The van der Waals surface area contributed by atoms with E-state index in [4.69, 9.17) is 28.3 Å². The average molecular weight is 260 g/mol. The molecule has 0 unspecified atom stereocenters. The van der Waals surface area contributed by atoms with Crippen molar-refractivity contribution in [2.75, 3.05) is 19.7 Å². The van der Waals surface area contributed by atoms with Crippen molar-refractivity contribution in [3.63, 3.8) is 0 Å². The number of benzene rings is 1. The molecule has 0 spiro atoms. The van der Waals surface area contributed by atoms with Crippen LogP contribution in [-0.2, 0) is 6.54 Å². The Hall–Kier alpha value is -0.280. The van der Waals surface area contributed by atoms with Crippen LogP contribution in [0.15, 0.2) is 18.2 Å². The molecule has 2 nitrogen and oxygen atoms in total. The Bertz CT molecular complexity index is 370. The summed E-state index contributed by atoms with van der Waals surface area (Å²) in [6, 6.07) is 5.75. The van der Waals surface area contributed by atoms with Gasteiger partial charge in [-0.2, -0.15) is 0 Å². The summed E-state index contributed by atoms with van der Waals surface area (Å²) in [5.41, 5.74) is 1.17. The number of nitrogens with zero attached hydrogens (tertiary/aromatic N) is 1. The molecule has 0 aliphatic carbocycles. The third-order valence-electron chi connectivity index (χ3n) is 3.02. The fourth-order valence-electron chi connectivity index (χ4n) is 2.10. The lowest BCUT2D eigenvalue weighted by molar-refractivity contribution is 0.220. The highest BCUT2D eigenvalue weighted by molar-refractivity contribution is 6.42. The first-order valence-corrected chi connectivity index (χ1v) is 6.22. The molecule has 1 aromatic rings. The maximum absolute atomic E-state index is 9.07. The van der Waals surface area contributed by atoms with E-state index in [9.17, 15) is 0 Å². The van der Waals surface area contributed by atoms with Crippen molar-refractivity contribution >= 4 is 23.2 Å². The second-order valence-electron chi connectivity index (χ2n) is 4.32. The monoisotopic (exact) mass is 259 g/mol. The van der Waals surface area contributed by atoms with E-state index in [0.29, 0.717) is 16.0 Å². The molecule has 0 amide bonds. The quantitative estimate of drug-likeness (QED) is 0.903. The Morgan fingerprint density at radius 2 is 2.12 bits per heavy atom. The van der Waals surface area contributed by atoms with Crippen molar-refractivity contribution in [2.24, 2.45) is 5.92 Å². The second-order valence-corrected chi connectivity index (χ2v) is 5.14. The standard InChI is InChI=1S/C12H15Cl2NO/c13-11-2-1-9(5-12(11)14)6-15-4-3-10(7-15)8-16/h1-2,5,10,16H,3-4,6-8H2/t10-/m1/s1. The lowest BCUT2D eigenvalue weighted by Gasteiger charge is -2.15. The van der Waals surface area contributed by atoms with Crippen molar-refractivity contribution in [3.8, 4) is 0 Å². The fourth-order valence-corrected chi connectivity index (χ4v) is 2.42. The van der Waals surface area contributed by atoms with Crippen LogP contribution in [0, 0.1) is 5.92 Å². The molecule has 4 heteroatoms. The SMILES string of the molecule is OC[C@@H]1CCN(Cc2ccc(Cl)c(Cl)c2)C1. The van der Waals surface area contributed by atoms with Gasteiger partial charge in [-0.3, -0.25) is 4.90 Å². The van der Waals surface area contributed by atoms with Gasteiger partial charge >= 0.3 is 0 Å². The maximum atomic E-state index is 9.07. The lowest BCUT2D eigenvalue weighted by atomic mass is 10.1. The lowest BCUT2D eigenvalue weighted by Crippen LogP contribution is -2.20. The normalized spacial score (nSPS) is 21.6. The van der Waals surface area contributed by atoms with Gasteiger partial charge in [0.15, 0.2) is 0 Å². The smallest absolute Gasteiger partial charge is 0.0595 e. The highest BCUT2D eigenvalue weighted by Crippen LogP contribution is 2.24. The molecule has 1 saturated heterocycles. The molecule has 1 aliphatic rings. The molecular weight excluding hydrogens is 245 g/mol. The summed E-state index contributed by atoms with van der Waals surface area (Å²) in [7, 11) is 0. The number of likely N-dealkylation sites (tertiary alicyclic amines) is 1. The van der Waals surface area contributed by atoms with Crippen LogP contribution in [0.5, 0.6) is 0 Å². The zero-order valence-corrected chi connectivity index (χ0v) is 10.5. The first kappa shape index (κ1) is 12.2. The van der Waals surface area contributed by atoms with Gasteiger partial charge in [0.2, 0.25) is 0 Å². The summed E-state index contributed by atoms with van der Waals surface area (Å²) in [4.78, 5) is 2.33. The summed E-state index contributed by atoms with van der Waals surface area (Å²) in [6.07, 6.45) is 1.08. The molecule has 1 N–H and O–H groups in total. The van der Waals surface area contributed by atoms with E-state index in [1.165, 1.54) is 5.56 Å². The van der Waals surface area contributed by atoms with Gasteiger partial charge in [-0.25, -0.2) is 0 Å². The van der Waals surface area contributed by atoms with E-state index >= 15 is 0 Å². The van der Waals surface area contributed by atoms with Crippen LogP contribution in [0.4, 0.5) is 0 Å². The van der Waals surface area contributed by atoms with E-state index < -0.39 is 0 Å². The van der Waals surface area contributed by atoms with Crippen LogP contribution >= 0.6 is 23.2 Å². The first-order valence-electron chi connectivity index (χ1n) is 5.46. The van der Waals surface area contributed by atoms with E-state index in [-0.39, 0.29) is 6.61 Å². The van der Waals surface area contributed by atoms with Crippen molar-refractivity contribution in [1.82, 2.24) is 4.90 Å². The third-order valence-corrected chi connectivity index (χ3v) is 3.76. The summed E-state index contributed by atoms with van der Waals surface area (Å²) < 4.78 is 0. The summed E-state index contributed by atoms with van der Waals surface area (Å²) in [5.74, 6) is 0.433. The van der Waals surface area contributed by atoms with Gasteiger partial charge < -0.3 is 5.11 Å². The van der Waals surface area contributed by atoms with Gasteiger partial charge in [-0.05, 0) is 36.6 Å². The zero-order chi connectivity index (χ0) is 11.5. The highest BCUT2D eigenvalue weighted by Gasteiger charge is 2.21. The maximum Gasteiger partial charge on any atom is 0.0595 e. The average Bonchev–Trinajstić information content (AvgIpc) is 2.71. The van der Waals surface area contributed by atoms with Gasteiger partial charge in [0, 0.05) is 19.7 Å². The van der Waals surface area contributed by atoms with Crippen molar-refractivity contribution in [1.29, 1.82) is 0 Å². The highest BCUT2D eigenvalue weighted by atomic mass is 35.5. The number of aliphatic hydroxyl groups is 1. The van der Waals surface area contributed by atoms with E-state index in [2.05, 4.69) is 4.90 Å². The van der Waals surface area contributed by atoms with Crippen molar-refractivity contribution in [3.05, 3.63) is 33.8 Å². The summed E-state index contributed by atoms with van der Waals surface area (Å²) in [6.45, 7) is 3.19. The second kappa shape index (κ2) is 5.37. The Morgan fingerprint density at radius 3 is 2.75 bits per heavy atom. The Morgan fingerprint density at radius 1 is 1.31 bits per heavy atom. The van der Waals surface area contributed by atoms with E-state index in [1.54, 1.807) is 0 Å². The molecule has 1 aliphatic heterocycles. The molecule has 1 atom stereocenters. The van der Waals surface area contributed by atoms with E-state index in [0.717, 1.165) is 26.1 Å². The summed E-state index contributed by atoms with van der Waals surface area (Å²) in [5, 5.41) is 10.3. The first-order chi connectivity index (χ1) is 7.69. The van der Waals surface area contributed by atoms with Crippen LogP contribution in [0.1, 0.15) is 12.0 Å². The molecule has 0 saturated carbocycles. The molecule has 16 heavy (non-hydrogen) atoms. The van der Waals surface area contributed by atoms with E-state index in [1.807, 2.05) is 18.2 Å². The molecule has 0 bridgehead atoms. The molecule has 1 fully saturated rings. The van der Waals surface area contributed by atoms with Gasteiger partial charge in [-0.1, -0.05) is 29.3 Å². The number of halogens is 2. The predicted molar refractivity (Wildman–Crippen MR) is 66.9 cm³/mol. The largest absolute Gasteiger partial charge is 0.396 e. The molecule has 0 aromatic heterocycles. The number of aliphatic hydroxyl groups excluding tert-OH is 1. The predicted octanol–water partition coefficient (Wildman–Crippen LogP) is 2.81. The zero-order valence-electron chi connectivity index (χ0n) is 9.00. The molecule has 1 aromatic carbocycles. The Kier molecular flexibility index (Phi) is 4.09. The van der Waals surface area contributed by atoms with Crippen LogP contribution in [0.25, 0.3) is 0 Å². The molecule has 88 valence electrons. The molecular formula is C12H15Cl2NO.